The number of thioether (sulfide) groups is 1. The smallest absolute Gasteiger partial charge is 0.304 e. The van der Waals surface area contributed by atoms with Crippen LogP contribution in [0.2, 0.25) is 0 Å². The minimum Gasteiger partial charge on any atom is -0.481 e. The number of hydrogen-bond donors (Lipinski definition) is 2. The number of nitrogens with one attached hydrogen (secondary N) is 1. The van der Waals surface area contributed by atoms with E-state index in [-0.39, 0.29) is 23.3 Å². The van der Waals surface area contributed by atoms with Crippen LogP contribution in [0.3, 0.4) is 0 Å². The summed E-state index contributed by atoms with van der Waals surface area (Å²) in [5.74, 6) is -0.625. The molecule has 1 amide bonds. The van der Waals surface area contributed by atoms with Crippen molar-refractivity contribution in [2.24, 2.45) is 0 Å². The van der Waals surface area contributed by atoms with Gasteiger partial charge in [0.25, 0.3) is 0 Å². The summed E-state index contributed by atoms with van der Waals surface area (Å²) in [7, 11) is 0. The number of fused-ring (bicyclic) bond motifs is 1. The number of amides is 1. The van der Waals surface area contributed by atoms with Crippen molar-refractivity contribution in [2.75, 3.05) is 11.1 Å². The lowest BCUT2D eigenvalue weighted by Gasteiger charge is -2.10. The molecular formula is C15H19NO3S. The fourth-order valence-corrected chi connectivity index (χ4v) is 3.14. The minimum atomic E-state index is -0.830. The summed E-state index contributed by atoms with van der Waals surface area (Å²) in [6.07, 6.45) is 3.49. The van der Waals surface area contributed by atoms with Crippen molar-refractivity contribution in [1.82, 2.24) is 0 Å². The van der Waals surface area contributed by atoms with Crippen LogP contribution in [0.5, 0.6) is 0 Å². The number of hydrogen-bond acceptors (Lipinski definition) is 3. The first-order valence-electron chi connectivity index (χ1n) is 6.79. The lowest BCUT2D eigenvalue weighted by Crippen LogP contribution is -2.17. The second-order valence-electron chi connectivity index (χ2n) is 5.10. The molecule has 0 bridgehead atoms. The quantitative estimate of drug-likeness (QED) is 0.846. The lowest BCUT2D eigenvalue weighted by molar-refractivity contribution is -0.136. The summed E-state index contributed by atoms with van der Waals surface area (Å²) in [4.78, 5) is 22.4. The number of carboxylic acid groups (broad SMARTS) is 1. The first kappa shape index (κ1) is 14.9. The van der Waals surface area contributed by atoms with Crippen LogP contribution < -0.4 is 5.32 Å². The van der Waals surface area contributed by atoms with Gasteiger partial charge < -0.3 is 10.4 Å². The van der Waals surface area contributed by atoms with Crippen LogP contribution in [0.25, 0.3) is 0 Å². The van der Waals surface area contributed by atoms with Gasteiger partial charge in [-0.05, 0) is 42.5 Å². The number of carbonyl (C=O) groups excluding carboxylic acids is 1. The first-order valence-corrected chi connectivity index (χ1v) is 7.84. The van der Waals surface area contributed by atoms with E-state index in [1.807, 2.05) is 19.1 Å². The van der Waals surface area contributed by atoms with Gasteiger partial charge in [0.15, 0.2) is 0 Å². The van der Waals surface area contributed by atoms with E-state index < -0.39 is 5.97 Å². The van der Waals surface area contributed by atoms with Gasteiger partial charge in [0, 0.05) is 10.9 Å². The molecule has 0 saturated carbocycles. The summed E-state index contributed by atoms with van der Waals surface area (Å²) >= 11 is 1.36. The first-order chi connectivity index (χ1) is 9.54. The Kier molecular flexibility index (Phi) is 5.06. The van der Waals surface area contributed by atoms with Gasteiger partial charge in [-0.2, -0.15) is 0 Å². The van der Waals surface area contributed by atoms with E-state index in [4.69, 9.17) is 5.11 Å². The molecule has 4 nitrogen and oxygen atoms in total. The van der Waals surface area contributed by atoms with Gasteiger partial charge in [-0.3, -0.25) is 9.59 Å². The Balaban J connectivity index is 1.81. The highest BCUT2D eigenvalue weighted by molar-refractivity contribution is 8.00. The largest absolute Gasteiger partial charge is 0.481 e. The molecule has 20 heavy (non-hydrogen) atoms. The van der Waals surface area contributed by atoms with E-state index in [0.29, 0.717) is 0 Å². The van der Waals surface area contributed by atoms with Crippen molar-refractivity contribution in [2.45, 2.75) is 37.9 Å². The maximum Gasteiger partial charge on any atom is 0.304 e. The monoisotopic (exact) mass is 293 g/mol. The van der Waals surface area contributed by atoms with Crippen molar-refractivity contribution >= 4 is 29.3 Å². The number of rotatable bonds is 6. The molecule has 1 aliphatic carbocycles. The van der Waals surface area contributed by atoms with Gasteiger partial charge in [-0.15, -0.1) is 11.8 Å². The van der Waals surface area contributed by atoms with Crippen LogP contribution in [0.1, 0.15) is 30.9 Å². The topological polar surface area (TPSA) is 66.4 Å². The van der Waals surface area contributed by atoms with Gasteiger partial charge in [0.2, 0.25) is 5.91 Å². The molecule has 1 aromatic rings. The third-order valence-corrected chi connectivity index (χ3v) is 4.51. The molecule has 1 atom stereocenters. The zero-order valence-corrected chi connectivity index (χ0v) is 12.3. The Bertz CT molecular complexity index is 516. The average Bonchev–Trinajstić information content (AvgIpc) is 2.83. The minimum absolute atomic E-state index is 0.0572. The highest BCUT2D eigenvalue weighted by atomic mass is 32.2. The highest BCUT2D eigenvalue weighted by Crippen LogP contribution is 2.25. The fourth-order valence-electron chi connectivity index (χ4n) is 2.37. The lowest BCUT2D eigenvalue weighted by atomic mass is 10.1. The van der Waals surface area contributed by atoms with E-state index in [0.717, 1.165) is 18.5 Å². The molecule has 0 spiro atoms. The van der Waals surface area contributed by atoms with E-state index in [2.05, 4.69) is 11.4 Å². The van der Waals surface area contributed by atoms with Crippen LogP contribution in [0, 0.1) is 0 Å². The van der Waals surface area contributed by atoms with Crippen LogP contribution >= 0.6 is 11.8 Å². The van der Waals surface area contributed by atoms with Gasteiger partial charge in [0.05, 0.1) is 12.2 Å². The van der Waals surface area contributed by atoms with Crippen molar-refractivity contribution in [3.8, 4) is 0 Å². The zero-order chi connectivity index (χ0) is 14.5. The molecule has 1 aliphatic rings. The third-order valence-electron chi connectivity index (χ3n) is 3.34. The molecule has 1 unspecified atom stereocenters. The molecule has 108 valence electrons. The summed E-state index contributed by atoms with van der Waals surface area (Å²) in [6.45, 7) is 1.82. The zero-order valence-electron chi connectivity index (χ0n) is 11.5. The maximum atomic E-state index is 11.8. The molecule has 2 rings (SSSR count). The number of carboxylic acids is 1. The maximum absolute atomic E-state index is 11.8. The van der Waals surface area contributed by atoms with Crippen molar-refractivity contribution < 1.29 is 14.7 Å². The third kappa shape index (κ3) is 4.27. The average molecular weight is 293 g/mol. The second-order valence-corrected chi connectivity index (χ2v) is 6.53. The van der Waals surface area contributed by atoms with Crippen LogP contribution in [-0.2, 0) is 22.4 Å². The SMILES string of the molecule is CC(CC(=O)O)SCC(=O)Nc1ccc2c(c1)CCC2. The molecule has 0 fully saturated rings. The molecular weight excluding hydrogens is 274 g/mol. The number of benzene rings is 1. The van der Waals surface area contributed by atoms with Gasteiger partial charge in [0.1, 0.15) is 0 Å². The number of anilines is 1. The van der Waals surface area contributed by atoms with Crippen molar-refractivity contribution in [3.05, 3.63) is 29.3 Å². The molecule has 0 aliphatic heterocycles. The Morgan fingerprint density at radius 2 is 2.10 bits per heavy atom. The van der Waals surface area contributed by atoms with Crippen LogP contribution in [0.4, 0.5) is 5.69 Å². The van der Waals surface area contributed by atoms with E-state index in [1.54, 1.807) is 0 Å². The van der Waals surface area contributed by atoms with E-state index in [1.165, 1.54) is 29.3 Å². The summed E-state index contributed by atoms with van der Waals surface area (Å²) in [6, 6.07) is 6.07. The number of aliphatic carboxylic acids is 1. The van der Waals surface area contributed by atoms with Crippen molar-refractivity contribution in [1.29, 1.82) is 0 Å². The number of aryl methyl sites for hydroxylation is 2. The molecule has 1 aromatic carbocycles. The predicted molar refractivity (Wildman–Crippen MR) is 81.3 cm³/mol. The predicted octanol–water partition coefficient (Wildman–Crippen LogP) is 2.71. The summed E-state index contributed by atoms with van der Waals surface area (Å²) in [5, 5.41) is 11.5. The Morgan fingerprint density at radius 3 is 2.85 bits per heavy atom. The molecule has 5 heteroatoms. The normalized spacial score (nSPS) is 14.7. The summed E-state index contributed by atoms with van der Waals surface area (Å²) in [5.41, 5.74) is 3.55. The van der Waals surface area contributed by atoms with Gasteiger partial charge in [-0.25, -0.2) is 0 Å². The second kappa shape index (κ2) is 6.79. The molecule has 0 saturated heterocycles. The summed E-state index contributed by atoms with van der Waals surface area (Å²) < 4.78 is 0. The standard InChI is InChI=1S/C15H19NO3S/c1-10(7-15(18)19)20-9-14(17)16-13-6-5-11-3-2-4-12(11)8-13/h5-6,8,10H,2-4,7,9H2,1H3,(H,16,17)(H,18,19). The molecule has 0 aromatic heterocycles. The van der Waals surface area contributed by atoms with E-state index in [9.17, 15) is 9.59 Å². The van der Waals surface area contributed by atoms with Crippen molar-refractivity contribution in [3.63, 3.8) is 0 Å². The Hall–Kier alpha value is -1.49. The van der Waals surface area contributed by atoms with Gasteiger partial charge >= 0.3 is 5.97 Å². The molecule has 2 N–H and O–H groups in total. The van der Waals surface area contributed by atoms with E-state index >= 15 is 0 Å². The number of carbonyl (C=O) groups is 2. The Labute approximate surface area is 123 Å². The van der Waals surface area contributed by atoms with Crippen LogP contribution in [0.15, 0.2) is 18.2 Å². The van der Waals surface area contributed by atoms with Crippen LogP contribution in [-0.4, -0.2) is 28.0 Å². The Morgan fingerprint density at radius 1 is 1.35 bits per heavy atom. The highest BCUT2D eigenvalue weighted by Gasteiger charge is 2.13. The molecule has 0 radical (unpaired) electrons. The fraction of sp³-hybridized carbons (Fsp3) is 0.467. The van der Waals surface area contributed by atoms with Gasteiger partial charge in [-0.1, -0.05) is 13.0 Å². The molecule has 0 heterocycles.